The number of nitrogens with zero attached hydrogens (tertiary/aromatic N) is 2. The number of halogens is 2. The summed E-state index contributed by atoms with van der Waals surface area (Å²) in [5.41, 5.74) is 8.26. The van der Waals surface area contributed by atoms with Crippen molar-refractivity contribution in [2.75, 3.05) is 5.73 Å². The van der Waals surface area contributed by atoms with Crippen LogP contribution < -0.4 is 10.5 Å². The van der Waals surface area contributed by atoms with Gasteiger partial charge < -0.3 is 10.5 Å². The standard InChI is InChI=1S/C13H15Cl2N3O/c1-3-18-9(4-8(2)17-18)7-19-13-6-11(15)10(14)5-12(13)16/h4-6H,3,7,16H2,1-2H3. The molecular weight excluding hydrogens is 285 g/mol. The van der Waals surface area contributed by atoms with E-state index in [1.54, 1.807) is 12.1 Å². The maximum atomic E-state index is 5.95. The van der Waals surface area contributed by atoms with E-state index in [4.69, 9.17) is 33.7 Å². The first-order chi connectivity index (χ1) is 9.01. The van der Waals surface area contributed by atoms with Gasteiger partial charge in [0.1, 0.15) is 12.4 Å². The first kappa shape index (κ1) is 14.0. The number of benzene rings is 1. The molecule has 2 aromatic rings. The van der Waals surface area contributed by atoms with Crippen LogP contribution in [0.25, 0.3) is 0 Å². The van der Waals surface area contributed by atoms with E-state index >= 15 is 0 Å². The largest absolute Gasteiger partial charge is 0.485 e. The number of aromatic nitrogens is 2. The molecule has 0 aliphatic carbocycles. The number of anilines is 1. The molecule has 0 fully saturated rings. The first-order valence-electron chi connectivity index (χ1n) is 5.92. The van der Waals surface area contributed by atoms with Crippen LogP contribution in [0, 0.1) is 6.92 Å². The van der Waals surface area contributed by atoms with Crippen LogP contribution in [0.4, 0.5) is 5.69 Å². The molecule has 1 heterocycles. The van der Waals surface area contributed by atoms with E-state index in [1.165, 1.54) is 0 Å². The minimum atomic E-state index is 0.386. The Morgan fingerprint density at radius 1 is 1.26 bits per heavy atom. The molecule has 102 valence electrons. The summed E-state index contributed by atoms with van der Waals surface area (Å²) in [6.07, 6.45) is 0. The number of hydrogen-bond donors (Lipinski definition) is 1. The molecule has 19 heavy (non-hydrogen) atoms. The third-order valence-electron chi connectivity index (χ3n) is 2.71. The highest BCUT2D eigenvalue weighted by Gasteiger charge is 2.09. The fraction of sp³-hybridized carbons (Fsp3) is 0.308. The van der Waals surface area contributed by atoms with Crippen molar-refractivity contribution < 1.29 is 4.74 Å². The van der Waals surface area contributed by atoms with Gasteiger partial charge in [-0.3, -0.25) is 4.68 Å². The third kappa shape index (κ3) is 3.14. The Kier molecular flexibility index (Phi) is 4.22. The average Bonchev–Trinajstić information content (AvgIpc) is 2.72. The van der Waals surface area contributed by atoms with E-state index in [-0.39, 0.29) is 0 Å². The molecule has 0 radical (unpaired) electrons. The molecule has 0 aliphatic heterocycles. The molecule has 0 saturated carbocycles. The van der Waals surface area contributed by atoms with Gasteiger partial charge in [0.15, 0.2) is 0 Å². The Morgan fingerprint density at radius 2 is 1.95 bits per heavy atom. The molecule has 6 heteroatoms. The summed E-state index contributed by atoms with van der Waals surface area (Å²) in [5, 5.41) is 5.19. The predicted octanol–water partition coefficient (Wildman–Crippen LogP) is 3.68. The van der Waals surface area contributed by atoms with Crippen molar-refractivity contribution in [2.24, 2.45) is 0 Å². The lowest BCUT2D eigenvalue weighted by Gasteiger charge is -2.11. The van der Waals surface area contributed by atoms with Crippen molar-refractivity contribution in [1.29, 1.82) is 0 Å². The second-order valence-corrected chi connectivity index (χ2v) is 5.00. The maximum absolute atomic E-state index is 5.95. The summed E-state index contributed by atoms with van der Waals surface area (Å²) in [5.74, 6) is 0.524. The highest BCUT2D eigenvalue weighted by Crippen LogP contribution is 2.32. The van der Waals surface area contributed by atoms with Crippen LogP contribution in [0.5, 0.6) is 5.75 Å². The van der Waals surface area contributed by atoms with Gasteiger partial charge in [0.25, 0.3) is 0 Å². The van der Waals surface area contributed by atoms with Crippen molar-refractivity contribution in [3.05, 3.63) is 39.6 Å². The van der Waals surface area contributed by atoms with Gasteiger partial charge in [-0.25, -0.2) is 0 Å². The van der Waals surface area contributed by atoms with Crippen LogP contribution in [-0.2, 0) is 13.2 Å². The first-order valence-corrected chi connectivity index (χ1v) is 6.67. The molecule has 4 nitrogen and oxygen atoms in total. The topological polar surface area (TPSA) is 53.1 Å². The van der Waals surface area contributed by atoms with Crippen molar-refractivity contribution in [2.45, 2.75) is 27.0 Å². The van der Waals surface area contributed by atoms with Crippen LogP contribution >= 0.6 is 23.2 Å². The number of ether oxygens (including phenoxy) is 1. The number of hydrogen-bond acceptors (Lipinski definition) is 3. The molecular formula is C13H15Cl2N3O. The fourth-order valence-corrected chi connectivity index (χ4v) is 2.14. The van der Waals surface area contributed by atoms with Gasteiger partial charge in [-0.1, -0.05) is 23.2 Å². The van der Waals surface area contributed by atoms with E-state index in [0.29, 0.717) is 28.1 Å². The SMILES string of the molecule is CCn1nc(C)cc1COc1cc(Cl)c(Cl)cc1N. The van der Waals surface area contributed by atoms with Gasteiger partial charge in [0.2, 0.25) is 0 Å². The summed E-state index contributed by atoms with van der Waals surface area (Å²) >= 11 is 11.8. The highest BCUT2D eigenvalue weighted by atomic mass is 35.5. The summed E-state index contributed by atoms with van der Waals surface area (Å²) < 4.78 is 7.58. The Balaban J connectivity index is 2.16. The van der Waals surface area contributed by atoms with Crippen LogP contribution in [0.15, 0.2) is 18.2 Å². The predicted molar refractivity (Wildman–Crippen MR) is 77.8 cm³/mol. The van der Waals surface area contributed by atoms with Crippen molar-refractivity contribution in [3.63, 3.8) is 0 Å². The average molecular weight is 300 g/mol. The second-order valence-electron chi connectivity index (χ2n) is 4.19. The summed E-state index contributed by atoms with van der Waals surface area (Å²) in [4.78, 5) is 0. The molecule has 0 bridgehead atoms. The van der Waals surface area contributed by atoms with Crippen molar-refractivity contribution in [1.82, 2.24) is 9.78 Å². The van der Waals surface area contributed by atoms with Crippen LogP contribution in [0.1, 0.15) is 18.3 Å². The molecule has 1 aromatic carbocycles. The summed E-state index contributed by atoms with van der Waals surface area (Å²) in [7, 11) is 0. The Labute approximate surface area is 122 Å². The van der Waals surface area contributed by atoms with Gasteiger partial charge in [0, 0.05) is 12.6 Å². The smallest absolute Gasteiger partial charge is 0.144 e. The normalized spacial score (nSPS) is 10.7. The Morgan fingerprint density at radius 3 is 2.63 bits per heavy atom. The molecule has 0 unspecified atom stereocenters. The van der Waals surface area contributed by atoms with Crippen LogP contribution in [0.2, 0.25) is 10.0 Å². The molecule has 2 rings (SSSR count). The number of nitrogens with two attached hydrogens (primary N) is 1. The molecule has 1 aromatic heterocycles. The minimum absolute atomic E-state index is 0.386. The zero-order chi connectivity index (χ0) is 14.0. The molecule has 0 aliphatic rings. The Hall–Kier alpha value is -1.39. The quantitative estimate of drug-likeness (QED) is 0.876. The maximum Gasteiger partial charge on any atom is 0.144 e. The number of rotatable bonds is 4. The molecule has 2 N–H and O–H groups in total. The minimum Gasteiger partial charge on any atom is -0.485 e. The molecule has 0 amide bonds. The lowest BCUT2D eigenvalue weighted by molar-refractivity contribution is 0.294. The lowest BCUT2D eigenvalue weighted by atomic mass is 10.3. The zero-order valence-corrected chi connectivity index (χ0v) is 12.3. The monoisotopic (exact) mass is 299 g/mol. The highest BCUT2D eigenvalue weighted by molar-refractivity contribution is 6.42. The van der Waals surface area contributed by atoms with Gasteiger partial charge in [-0.2, -0.15) is 5.10 Å². The van der Waals surface area contributed by atoms with Crippen molar-refractivity contribution >= 4 is 28.9 Å². The molecule has 0 spiro atoms. The number of nitrogen functional groups attached to an aromatic ring is 1. The second kappa shape index (κ2) is 5.72. The molecule has 0 saturated heterocycles. The summed E-state index contributed by atoms with van der Waals surface area (Å²) in [6, 6.07) is 5.19. The third-order valence-corrected chi connectivity index (χ3v) is 3.44. The number of aryl methyl sites for hydroxylation is 2. The van der Waals surface area contributed by atoms with Gasteiger partial charge in [-0.15, -0.1) is 0 Å². The Bertz CT molecular complexity index is 596. The summed E-state index contributed by atoms with van der Waals surface area (Å²) in [6.45, 7) is 5.16. The van der Waals surface area contributed by atoms with E-state index < -0.39 is 0 Å². The van der Waals surface area contributed by atoms with E-state index in [0.717, 1.165) is 17.9 Å². The molecule has 0 atom stereocenters. The van der Waals surface area contributed by atoms with Gasteiger partial charge >= 0.3 is 0 Å². The van der Waals surface area contributed by atoms with Crippen LogP contribution in [0.3, 0.4) is 0 Å². The van der Waals surface area contributed by atoms with Gasteiger partial charge in [0.05, 0.1) is 27.1 Å². The zero-order valence-electron chi connectivity index (χ0n) is 10.8. The fourth-order valence-electron chi connectivity index (χ4n) is 1.81. The van der Waals surface area contributed by atoms with Gasteiger partial charge in [-0.05, 0) is 26.0 Å². The van der Waals surface area contributed by atoms with E-state index in [1.807, 2.05) is 24.6 Å². The van der Waals surface area contributed by atoms with E-state index in [2.05, 4.69) is 5.10 Å². The lowest BCUT2D eigenvalue weighted by Crippen LogP contribution is -2.07. The van der Waals surface area contributed by atoms with E-state index in [9.17, 15) is 0 Å². The van der Waals surface area contributed by atoms with Crippen LogP contribution in [-0.4, -0.2) is 9.78 Å². The van der Waals surface area contributed by atoms with Crippen molar-refractivity contribution in [3.8, 4) is 5.75 Å².